The van der Waals surface area contributed by atoms with E-state index in [1.807, 2.05) is 0 Å². The summed E-state index contributed by atoms with van der Waals surface area (Å²) in [4.78, 5) is 11.6. The Hall–Kier alpha value is -0.190. The normalized spacial score (nSPS) is 14.9. The molecule has 0 bridgehead atoms. The van der Waals surface area contributed by atoms with Gasteiger partial charge in [0.15, 0.2) is 0 Å². The van der Waals surface area contributed by atoms with Gasteiger partial charge < -0.3 is 10.6 Å². The summed E-state index contributed by atoms with van der Waals surface area (Å²) in [6.07, 6.45) is 4.42. The van der Waals surface area contributed by atoms with Crippen molar-refractivity contribution in [3.63, 3.8) is 0 Å². The van der Waals surface area contributed by atoms with Gasteiger partial charge in [0, 0.05) is 13.1 Å². The molecular formula is C13H25ClN2OS. The number of rotatable bonds is 7. The minimum atomic E-state index is 0. The van der Waals surface area contributed by atoms with E-state index in [-0.39, 0.29) is 18.3 Å². The Morgan fingerprint density at radius 1 is 1.56 bits per heavy atom. The Labute approximate surface area is 121 Å². The third-order valence-corrected chi connectivity index (χ3v) is 3.73. The van der Waals surface area contributed by atoms with Gasteiger partial charge in [-0.1, -0.05) is 25.5 Å². The smallest absolute Gasteiger partial charge is 0.230 e. The highest BCUT2D eigenvalue weighted by atomic mass is 35.5. The van der Waals surface area contributed by atoms with Crippen molar-refractivity contribution in [1.29, 1.82) is 0 Å². The first-order chi connectivity index (χ1) is 8.18. The summed E-state index contributed by atoms with van der Waals surface area (Å²) in [6.45, 7) is 7.12. The fraction of sp³-hybridized carbons (Fsp3) is 0.769. The maximum absolute atomic E-state index is 11.6. The Kier molecular flexibility index (Phi) is 10.6. The lowest BCUT2D eigenvalue weighted by Gasteiger charge is -2.14. The lowest BCUT2D eigenvalue weighted by molar-refractivity contribution is -0.118. The number of hydrogen-bond donors (Lipinski definition) is 2. The van der Waals surface area contributed by atoms with Crippen molar-refractivity contribution in [1.82, 2.24) is 10.6 Å². The molecule has 0 atom stereocenters. The molecule has 0 unspecified atom stereocenters. The number of thioether (sulfide) groups is 1. The minimum absolute atomic E-state index is 0. The van der Waals surface area contributed by atoms with Gasteiger partial charge in [0.1, 0.15) is 0 Å². The Morgan fingerprint density at radius 3 is 2.94 bits per heavy atom. The number of nitrogens with one attached hydrogen (secondary N) is 2. The highest BCUT2D eigenvalue weighted by molar-refractivity contribution is 7.99. The van der Waals surface area contributed by atoms with Crippen molar-refractivity contribution >= 4 is 30.1 Å². The average Bonchev–Trinajstić information content (AvgIpc) is 2.33. The van der Waals surface area contributed by atoms with Crippen molar-refractivity contribution in [2.45, 2.75) is 26.7 Å². The van der Waals surface area contributed by atoms with E-state index in [9.17, 15) is 4.79 Å². The molecule has 0 saturated carbocycles. The molecule has 1 amide bonds. The van der Waals surface area contributed by atoms with Gasteiger partial charge in [-0.2, -0.15) is 11.8 Å². The van der Waals surface area contributed by atoms with Crippen molar-refractivity contribution < 1.29 is 4.79 Å². The third kappa shape index (κ3) is 8.84. The number of hydrogen-bond acceptors (Lipinski definition) is 3. The predicted molar refractivity (Wildman–Crippen MR) is 82.6 cm³/mol. The summed E-state index contributed by atoms with van der Waals surface area (Å²) in [5.74, 6) is 2.57. The molecule has 3 nitrogen and oxygen atoms in total. The second kappa shape index (κ2) is 10.7. The van der Waals surface area contributed by atoms with Crippen LogP contribution in [0.3, 0.4) is 0 Å². The molecule has 1 aliphatic rings. The van der Waals surface area contributed by atoms with E-state index in [4.69, 9.17) is 0 Å². The van der Waals surface area contributed by atoms with E-state index in [0.717, 1.165) is 37.7 Å². The summed E-state index contributed by atoms with van der Waals surface area (Å²) in [7, 11) is 0. The summed E-state index contributed by atoms with van der Waals surface area (Å²) >= 11 is 1.73. The van der Waals surface area contributed by atoms with E-state index in [2.05, 4.69) is 30.6 Å². The number of amides is 1. The Bertz CT molecular complexity index is 270. The van der Waals surface area contributed by atoms with Gasteiger partial charge in [-0.05, 0) is 31.1 Å². The molecule has 0 saturated heterocycles. The molecule has 2 N–H and O–H groups in total. The van der Waals surface area contributed by atoms with Gasteiger partial charge in [0.05, 0.1) is 5.75 Å². The topological polar surface area (TPSA) is 41.1 Å². The van der Waals surface area contributed by atoms with E-state index in [1.165, 1.54) is 12.0 Å². The van der Waals surface area contributed by atoms with Crippen molar-refractivity contribution in [2.75, 3.05) is 31.1 Å². The molecule has 0 radical (unpaired) electrons. The number of halogens is 1. The lowest BCUT2D eigenvalue weighted by Crippen LogP contribution is -2.30. The molecule has 0 spiro atoms. The van der Waals surface area contributed by atoms with E-state index >= 15 is 0 Å². The van der Waals surface area contributed by atoms with Gasteiger partial charge in [-0.15, -0.1) is 12.4 Å². The molecule has 0 aliphatic carbocycles. The highest BCUT2D eigenvalue weighted by Gasteiger charge is 2.05. The van der Waals surface area contributed by atoms with Crippen LogP contribution in [0.25, 0.3) is 0 Å². The quantitative estimate of drug-likeness (QED) is 0.558. The van der Waals surface area contributed by atoms with Crippen LogP contribution in [0, 0.1) is 5.92 Å². The molecule has 0 fully saturated rings. The van der Waals surface area contributed by atoms with Gasteiger partial charge >= 0.3 is 0 Å². The standard InChI is InChI=1S/C13H24N2OS.ClH/c1-11(2)5-8-17-10-13(16)15-9-12-3-6-14-7-4-12;/h3,11,14H,4-10H2,1-2H3,(H,15,16);1H. The molecule has 106 valence electrons. The van der Waals surface area contributed by atoms with Crippen LogP contribution in [0.4, 0.5) is 0 Å². The first-order valence-corrected chi connectivity index (χ1v) is 7.57. The summed E-state index contributed by atoms with van der Waals surface area (Å²) in [5, 5.41) is 6.25. The first kappa shape index (κ1) is 17.8. The lowest BCUT2D eigenvalue weighted by atomic mass is 10.1. The molecule has 1 rings (SSSR count). The number of carbonyl (C=O) groups is 1. The largest absolute Gasteiger partial charge is 0.352 e. The monoisotopic (exact) mass is 292 g/mol. The Balaban J connectivity index is 0.00000289. The Morgan fingerprint density at radius 2 is 2.33 bits per heavy atom. The molecule has 0 aromatic rings. The van der Waals surface area contributed by atoms with Crippen LogP contribution in [0.2, 0.25) is 0 Å². The van der Waals surface area contributed by atoms with Crippen LogP contribution < -0.4 is 10.6 Å². The van der Waals surface area contributed by atoms with E-state index in [0.29, 0.717) is 5.75 Å². The van der Waals surface area contributed by atoms with Crippen LogP contribution in [-0.2, 0) is 4.79 Å². The predicted octanol–water partition coefficient (Wildman–Crippen LogP) is 2.22. The van der Waals surface area contributed by atoms with Crippen LogP contribution >= 0.6 is 24.2 Å². The summed E-state index contributed by atoms with van der Waals surface area (Å²) in [6, 6.07) is 0. The number of carbonyl (C=O) groups excluding carboxylic acids is 1. The zero-order chi connectivity index (χ0) is 12.5. The van der Waals surface area contributed by atoms with Gasteiger partial charge in [0.2, 0.25) is 5.91 Å². The molecule has 5 heteroatoms. The molecule has 1 aliphatic heterocycles. The molecule has 18 heavy (non-hydrogen) atoms. The highest BCUT2D eigenvalue weighted by Crippen LogP contribution is 2.08. The second-order valence-electron chi connectivity index (χ2n) is 4.83. The van der Waals surface area contributed by atoms with Crippen LogP contribution in [0.5, 0.6) is 0 Å². The second-order valence-corrected chi connectivity index (χ2v) is 5.93. The molecule has 0 aromatic heterocycles. The molecular weight excluding hydrogens is 268 g/mol. The third-order valence-electron chi connectivity index (χ3n) is 2.74. The fourth-order valence-electron chi connectivity index (χ4n) is 1.58. The fourth-order valence-corrected chi connectivity index (χ4v) is 2.65. The van der Waals surface area contributed by atoms with Crippen molar-refractivity contribution in [2.24, 2.45) is 5.92 Å². The zero-order valence-electron chi connectivity index (χ0n) is 11.3. The first-order valence-electron chi connectivity index (χ1n) is 6.41. The van der Waals surface area contributed by atoms with Gasteiger partial charge in [0.25, 0.3) is 0 Å². The van der Waals surface area contributed by atoms with E-state index in [1.54, 1.807) is 11.8 Å². The van der Waals surface area contributed by atoms with Gasteiger partial charge in [-0.3, -0.25) is 4.79 Å². The summed E-state index contributed by atoms with van der Waals surface area (Å²) in [5.41, 5.74) is 1.35. The molecule has 1 heterocycles. The summed E-state index contributed by atoms with van der Waals surface area (Å²) < 4.78 is 0. The maximum Gasteiger partial charge on any atom is 0.230 e. The van der Waals surface area contributed by atoms with E-state index < -0.39 is 0 Å². The maximum atomic E-state index is 11.6. The SMILES string of the molecule is CC(C)CCSCC(=O)NCC1=CCNCC1.Cl. The molecule has 0 aromatic carbocycles. The van der Waals surface area contributed by atoms with Crippen LogP contribution in [-0.4, -0.2) is 37.0 Å². The van der Waals surface area contributed by atoms with Crippen LogP contribution in [0.1, 0.15) is 26.7 Å². The van der Waals surface area contributed by atoms with Crippen molar-refractivity contribution in [3.8, 4) is 0 Å². The van der Waals surface area contributed by atoms with Gasteiger partial charge in [-0.25, -0.2) is 0 Å². The van der Waals surface area contributed by atoms with Crippen LogP contribution in [0.15, 0.2) is 11.6 Å². The average molecular weight is 293 g/mol. The zero-order valence-corrected chi connectivity index (χ0v) is 13.0. The minimum Gasteiger partial charge on any atom is -0.352 e. The van der Waals surface area contributed by atoms with Crippen molar-refractivity contribution in [3.05, 3.63) is 11.6 Å².